The number of nitrogens with one attached hydrogen (secondary N) is 3. The number of carbonyl (C=O) groups excluding carboxylic acids is 1. The lowest BCUT2D eigenvalue weighted by Gasteiger charge is -2.40. The predicted molar refractivity (Wildman–Crippen MR) is 153 cm³/mol. The Bertz CT molecular complexity index is 1370. The Morgan fingerprint density at radius 3 is 2.62 bits per heavy atom. The van der Waals surface area contributed by atoms with Gasteiger partial charge in [-0.25, -0.2) is 0 Å². The molecule has 1 saturated carbocycles. The molecule has 3 N–H and O–H groups in total. The molecule has 5 heterocycles. The maximum absolute atomic E-state index is 13.6. The molecule has 3 aromatic rings. The highest BCUT2D eigenvalue weighted by molar-refractivity contribution is 6.36. The summed E-state index contributed by atoms with van der Waals surface area (Å²) in [6.45, 7) is 4.62. The zero-order chi connectivity index (χ0) is 26.3. The van der Waals surface area contributed by atoms with Gasteiger partial charge in [0.15, 0.2) is 0 Å². The molecule has 0 unspecified atom stereocenters. The molecule has 2 aromatic heterocycles. The van der Waals surface area contributed by atoms with Gasteiger partial charge in [-0.3, -0.25) is 4.79 Å². The molecule has 3 fully saturated rings. The number of rotatable bonds is 6. The average molecular weight is 550 g/mol. The number of aromatic nitrogens is 3. The summed E-state index contributed by atoms with van der Waals surface area (Å²) < 4.78 is 6.05. The Kier molecular flexibility index (Phi) is 6.72. The number of hydrogen-bond donors (Lipinski definition) is 3. The molecular weight excluding hydrogens is 514 g/mol. The van der Waals surface area contributed by atoms with E-state index in [9.17, 15) is 4.79 Å². The van der Waals surface area contributed by atoms with Crippen molar-refractivity contribution >= 4 is 46.0 Å². The van der Waals surface area contributed by atoms with E-state index in [1.807, 2.05) is 17.0 Å². The minimum absolute atomic E-state index is 0.117. The lowest BCUT2D eigenvalue weighted by Crippen LogP contribution is -2.48. The van der Waals surface area contributed by atoms with Gasteiger partial charge in [-0.15, -0.1) is 0 Å². The highest BCUT2D eigenvalue weighted by Crippen LogP contribution is 2.39. The highest BCUT2D eigenvalue weighted by Gasteiger charge is 2.31. The van der Waals surface area contributed by atoms with Gasteiger partial charge in [0.1, 0.15) is 17.2 Å². The molecule has 0 atom stereocenters. The number of hydrogen-bond acceptors (Lipinski definition) is 7. The van der Waals surface area contributed by atoms with E-state index in [0.29, 0.717) is 35.3 Å². The van der Waals surface area contributed by atoms with Crippen LogP contribution in [0.5, 0.6) is 5.75 Å². The molecule has 10 heteroatoms. The Labute approximate surface area is 233 Å². The van der Waals surface area contributed by atoms with Crippen LogP contribution in [0.15, 0.2) is 18.3 Å². The first-order valence-corrected chi connectivity index (χ1v) is 14.9. The number of halogens is 1. The quantitative estimate of drug-likeness (QED) is 0.381. The smallest absolute Gasteiger partial charge is 0.254 e. The Morgan fingerprint density at radius 2 is 1.85 bits per heavy atom. The molecule has 0 bridgehead atoms. The Hall–Kier alpha value is -3.04. The van der Waals surface area contributed by atoms with E-state index < -0.39 is 0 Å². The number of amides is 1. The molecule has 206 valence electrons. The monoisotopic (exact) mass is 549 g/mol. The van der Waals surface area contributed by atoms with Crippen molar-refractivity contribution in [2.75, 3.05) is 43.4 Å². The highest BCUT2D eigenvalue weighted by atomic mass is 35.5. The number of nitrogens with zero attached hydrogens (tertiary/aromatic N) is 4. The number of fused-ring (bicyclic) bond motifs is 2. The molecule has 0 spiro atoms. The zero-order valence-corrected chi connectivity index (χ0v) is 23.0. The summed E-state index contributed by atoms with van der Waals surface area (Å²) in [6.07, 6.45) is 12.0. The number of ether oxygens (including phenoxy) is 1. The van der Waals surface area contributed by atoms with E-state index in [1.54, 1.807) is 6.20 Å². The van der Waals surface area contributed by atoms with Gasteiger partial charge in [0.25, 0.3) is 5.91 Å². The minimum atomic E-state index is 0.117. The molecule has 1 aliphatic carbocycles. The number of H-pyrrole nitrogens is 1. The van der Waals surface area contributed by atoms with Crippen LogP contribution in [0.3, 0.4) is 0 Å². The van der Waals surface area contributed by atoms with Crippen molar-refractivity contribution in [2.24, 2.45) is 0 Å². The van der Waals surface area contributed by atoms with Crippen LogP contribution in [0.4, 0.5) is 17.5 Å². The topological polar surface area (TPSA) is 98.4 Å². The van der Waals surface area contributed by atoms with Crippen molar-refractivity contribution in [3.05, 3.63) is 34.5 Å². The molecule has 7 rings (SSSR count). The molecular formula is C29H36ClN7O2. The summed E-state index contributed by atoms with van der Waals surface area (Å²) in [4.78, 5) is 30.9. The minimum Gasteiger partial charge on any atom is -0.491 e. The SMILES string of the molecule is O=C(c1ccc(Nc2nc(NC3CCC3)c3c(Cl)c[nH]c3n2)c2c1CCO2)N1CCC(N2CCCCC2)CC1. The maximum Gasteiger partial charge on any atom is 0.254 e. The van der Waals surface area contributed by atoms with Crippen molar-refractivity contribution in [2.45, 2.75) is 69.9 Å². The second-order valence-corrected chi connectivity index (χ2v) is 11.7. The van der Waals surface area contributed by atoms with Crippen LogP contribution in [0.1, 0.15) is 67.3 Å². The lowest BCUT2D eigenvalue weighted by molar-refractivity contribution is 0.0589. The van der Waals surface area contributed by atoms with Gasteiger partial charge < -0.3 is 30.2 Å². The van der Waals surface area contributed by atoms with Gasteiger partial charge in [0.05, 0.1) is 22.7 Å². The second-order valence-electron chi connectivity index (χ2n) is 11.3. The third-order valence-corrected chi connectivity index (χ3v) is 9.22. The van der Waals surface area contributed by atoms with E-state index in [2.05, 4.69) is 25.5 Å². The summed E-state index contributed by atoms with van der Waals surface area (Å²) in [5.41, 5.74) is 3.18. The van der Waals surface area contributed by atoms with Crippen molar-refractivity contribution in [1.29, 1.82) is 0 Å². The molecule has 4 aliphatic rings. The number of likely N-dealkylation sites (tertiary alicyclic amines) is 2. The fourth-order valence-corrected chi connectivity index (χ4v) is 6.74. The van der Waals surface area contributed by atoms with Crippen LogP contribution >= 0.6 is 11.6 Å². The van der Waals surface area contributed by atoms with Gasteiger partial charge >= 0.3 is 0 Å². The fourth-order valence-electron chi connectivity index (χ4n) is 6.50. The van der Waals surface area contributed by atoms with Gasteiger partial charge in [-0.05, 0) is 70.2 Å². The van der Waals surface area contributed by atoms with Crippen molar-refractivity contribution in [1.82, 2.24) is 24.8 Å². The van der Waals surface area contributed by atoms with Crippen LogP contribution in [0, 0.1) is 0 Å². The number of carbonyl (C=O) groups is 1. The third-order valence-electron chi connectivity index (χ3n) is 8.92. The second kappa shape index (κ2) is 10.5. The van der Waals surface area contributed by atoms with Crippen LogP contribution in [-0.2, 0) is 6.42 Å². The molecule has 9 nitrogen and oxygen atoms in total. The van der Waals surface area contributed by atoms with Crippen LogP contribution < -0.4 is 15.4 Å². The van der Waals surface area contributed by atoms with Crippen molar-refractivity contribution in [3.63, 3.8) is 0 Å². The van der Waals surface area contributed by atoms with Crippen LogP contribution in [-0.4, -0.2) is 75.5 Å². The van der Waals surface area contributed by atoms with Gasteiger partial charge in [-0.2, -0.15) is 9.97 Å². The Morgan fingerprint density at radius 1 is 1.03 bits per heavy atom. The van der Waals surface area contributed by atoms with Crippen LogP contribution in [0.25, 0.3) is 11.0 Å². The summed E-state index contributed by atoms with van der Waals surface area (Å²) in [7, 11) is 0. The zero-order valence-electron chi connectivity index (χ0n) is 22.3. The van der Waals surface area contributed by atoms with E-state index in [1.165, 1.54) is 38.8 Å². The van der Waals surface area contributed by atoms with E-state index >= 15 is 0 Å². The van der Waals surface area contributed by atoms with Gasteiger partial charge in [0, 0.05) is 48.9 Å². The van der Waals surface area contributed by atoms with E-state index in [-0.39, 0.29) is 5.91 Å². The first-order valence-electron chi connectivity index (χ1n) is 14.5. The molecule has 1 aromatic carbocycles. The number of piperidine rings is 2. The van der Waals surface area contributed by atoms with E-state index in [0.717, 1.165) is 79.0 Å². The molecule has 39 heavy (non-hydrogen) atoms. The first-order chi connectivity index (χ1) is 19.1. The summed E-state index contributed by atoms with van der Waals surface area (Å²) in [5, 5.41) is 8.30. The maximum atomic E-state index is 13.6. The van der Waals surface area contributed by atoms with Crippen molar-refractivity contribution in [3.8, 4) is 5.75 Å². The van der Waals surface area contributed by atoms with Gasteiger partial charge in [-0.1, -0.05) is 18.0 Å². The molecule has 2 saturated heterocycles. The molecule has 1 amide bonds. The number of aromatic amines is 1. The lowest BCUT2D eigenvalue weighted by atomic mass is 9.93. The van der Waals surface area contributed by atoms with Gasteiger partial charge in [0.2, 0.25) is 5.95 Å². The average Bonchev–Trinajstić information content (AvgIpc) is 3.59. The number of anilines is 3. The summed E-state index contributed by atoms with van der Waals surface area (Å²) in [6, 6.07) is 4.88. The fraction of sp³-hybridized carbons (Fsp3) is 0.552. The molecule has 3 aliphatic heterocycles. The molecule has 0 radical (unpaired) electrons. The third kappa shape index (κ3) is 4.80. The summed E-state index contributed by atoms with van der Waals surface area (Å²) in [5.74, 6) is 2.03. The Balaban J connectivity index is 1.10. The van der Waals surface area contributed by atoms with Crippen LogP contribution in [0.2, 0.25) is 5.02 Å². The van der Waals surface area contributed by atoms with E-state index in [4.69, 9.17) is 21.3 Å². The predicted octanol–water partition coefficient (Wildman–Crippen LogP) is 5.34. The largest absolute Gasteiger partial charge is 0.491 e. The first kappa shape index (κ1) is 25.0. The van der Waals surface area contributed by atoms with Crippen molar-refractivity contribution < 1.29 is 9.53 Å². The standard InChI is InChI=1S/C29H36ClN7O2/c30-22-17-31-26-24(22)27(32-18-5-4-6-18)35-29(34-26)33-23-8-7-21(20-11-16-39-25(20)23)28(38)37-14-9-19(10-15-37)36-12-2-1-3-13-36/h7-8,17-19H,1-6,9-16H2,(H3,31,32,33,34,35). The summed E-state index contributed by atoms with van der Waals surface area (Å²) >= 11 is 6.44. The number of benzene rings is 1. The normalized spacial score (nSPS) is 20.5.